The molecule has 5 nitrogen and oxygen atoms in total. The van der Waals surface area contributed by atoms with Gasteiger partial charge < -0.3 is 10.0 Å². The Hall–Kier alpha value is -2.21. The number of rotatable bonds is 3. The highest BCUT2D eigenvalue weighted by atomic mass is 32.1. The van der Waals surface area contributed by atoms with E-state index in [1.807, 2.05) is 35.2 Å². The second-order valence-electron chi connectivity index (χ2n) is 6.65. The number of carboxylic acids is 1. The molecule has 2 fully saturated rings. The normalized spacial score (nSPS) is 21.7. The first kappa shape index (κ1) is 15.3. The number of carbonyl (C=O) groups excluding carboxylic acids is 1. The van der Waals surface area contributed by atoms with Crippen LogP contribution in [0.25, 0.3) is 10.6 Å². The van der Waals surface area contributed by atoms with Crippen LogP contribution in [0.4, 0.5) is 0 Å². The summed E-state index contributed by atoms with van der Waals surface area (Å²) in [7, 11) is 0. The van der Waals surface area contributed by atoms with Crippen molar-refractivity contribution in [2.24, 2.45) is 11.3 Å². The highest BCUT2D eigenvalue weighted by molar-refractivity contribution is 7.16. The fourth-order valence-corrected chi connectivity index (χ4v) is 4.54. The molecule has 1 aliphatic carbocycles. The fraction of sp³-hybridized carbons (Fsp3) is 0.389. The van der Waals surface area contributed by atoms with Crippen molar-refractivity contribution in [2.45, 2.75) is 19.3 Å². The summed E-state index contributed by atoms with van der Waals surface area (Å²) >= 11 is 1.41. The highest BCUT2D eigenvalue weighted by Gasteiger charge is 2.59. The van der Waals surface area contributed by atoms with Gasteiger partial charge in [-0.15, -0.1) is 11.3 Å². The molecule has 2 aromatic rings. The SMILES string of the molecule is O=C(O)C1CC12CCN(C(=O)c1cnc(-c3ccccc3)s1)CC2. The lowest BCUT2D eigenvalue weighted by molar-refractivity contribution is -0.139. The summed E-state index contributed by atoms with van der Waals surface area (Å²) < 4.78 is 0. The molecule has 2 aliphatic rings. The Labute approximate surface area is 143 Å². The van der Waals surface area contributed by atoms with Crippen LogP contribution < -0.4 is 0 Å². The number of piperidine rings is 1. The zero-order valence-electron chi connectivity index (χ0n) is 13.1. The molecule has 2 heterocycles. The minimum Gasteiger partial charge on any atom is -0.481 e. The van der Waals surface area contributed by atoms with E-state index < -0.39 is 5.97 Å². The van der Waals surface area contributed by atoms with Gasteiger partial charge in [0.05, 0.1) is 12.1 Å². The van der Waals surface area contributed by atoms with Crippen molar-refractivity contribution in [3.8, 4) is 10.6 Å². The summed E-state index contributed by atoms with van der Waals surface area (Å²) in [5.41, 5.74) is 0.965. The third-order valence-electron chi connectivity index (χ3n) is 5.27. The second-order valence-corrected chi connectivity index (χ2v) is 7.68. The van der Waals surface area contributed by atoms with Crippen LogP contribution in [0.5, 0.6) is 0 Å². The van der Waals surface area contributed by atoms with E-state index in [1.54, 1.807) is 6.20 Å². The van der Waals surface area contributed by atoms with E-state index in [4.69, 9.17) is 5.11 Å². The predicted octanol–water partition coefficient (Wildman–Crippen LogP) is 3.14. The summed E-state index contributed by atoms with van der Waals surface area (Å²) in [6.45, 7) is 1.28. The molecule has 1 aromatic heterocycles. The molecule has 1 spiro atoms. The van der Waals surface area contributed by atoms with E-state index in [0.29, 0.717) is 18.0 Å². The maximum absolute atomic E-state index is 12.7. The summed E-state index contributed by atoms with van der Waals surface area (Å²) in [6, 6.07) is 9.83. The monoisotopic (exact) mass is 342 g/mol. The number of thiazole rings is 1. The lowest BCUT2D eigenvalue weighted by Gasteiger charge is -2.32. The van der Waals surface area contributed by atoms with Crippen molar-refractivity contribution in [3.63, 3.8) is 0 Å². The van der Waals surface area contributed by atoms with Crippen LogP contribution in [0.3, 0.4) is 0 Å². The molecule has 6 heteroatoms. The molecule has 124 valence electrons. The Kier molecular flexibility index (Phi) is 3.64. The average molecular weight is 342 g/mol. The molecule has 1 aliphatic heterocycles. The van der Waals surface area contributed by atoms with Gasteiger partial charge in [0.25, 0.3) is 5.91 Å². The average Bonchev–Trinajstić information content (AvgIpc) is 3.09. The molecule has 1 aromatic carbocycles. The summed E-state index contributed by atoms with van der Waals surface area (Å²) in [6.07, 6.45) is 4.00. The first-order chi connectivity index (χ1) is 11.6. The van der Waals surface area contributed by atoms with Crippen molar-refractivity contribution in [2.75, 3.05) is 13.1 Å². The number of aromatic nitrogens is 1. The number of hydrogen-bond acceptors (Lipinski definition) is 4. The number of amides is 1. The molecule has 0 bridgehead atoms. The molecule has 1 saturated heterocycles. The lowest BCUT2D eigenvalue weighted by Crippen LogP contribution is -2.39. The Morgan fingerprint density at radius 1 is 1.21 bits per heavy atom. The van der Waals surface area contributed by atoms with E-state index in [9.17, 15) is 9.59 Å². The number of aliphatic carboxylic acids is 1. The lowest BCUT2D eigenvalue weighted by atomic mass is 9.91. The Balaban J connectivity index is 1.43. The predicted molar refractivity (Wildman–Crippen MR) is 90.9 cm³/mol. The maximum atomic E-state index is 12.7. The molecule has 4 rings (SSSR count). The number of nitrogens with zero attached hydrogens (tertiary/aromatic N) is 2. The first-order valence-corrected chi connectivity index (χ1v) is 8.94. The van der Waals surface area contributed by atoms with Crippen molar-refractivity contribution in [3.05, 3.63) is 41.4 Å². The van der Waals surface area contributed by atoms with Crippen molar-refractivity contribution in [1.29, 1.82) is 0 Å². The topological polar surface area (TPSA) is 70.5 Å². The van der Waals surface area contributed by atoms with Crippen molar-refractivity contribution < 1.29 is 14.7 Å². The smallest absolute Gasteiger partial charge is 0.307 e. The van der Waals surface area contributed by atoms with E-state index in [2.05, 4.69) is 4.98 Å². The van der Waals surface area contributed by atoms with Gasteiger partial charge in [0.15, 0.2) is 0 Å². The molecular weight excluding hydrogens is 324 g/mol. The number of likely N-dealkylation sites (tertiary alicyclic amines) is 1. The quantitative estimate of drug-likeness (QED) is 0.930. The molecule has 1 unspecified atom stereocenters. The highest BCUT2D eigenvalue weighted by Crippen LogP contribution is 2.59. The van der Waals surface area contributed by atoms with E-state index in [-0.39, 0.29) is 17.2 Å². The van der Waals surface area contributed by atoms with Gasteiger partial charge in [0.1, 0.15) is 9.88 Å². The van der Waals surface area contributed by atoms with Crippen LogP contribution in [0.2, 0.25) is 0 Å². The van der Waals surface area contributed by atoms with Gasteiger partial charge in [-0.3, -0.25) is 9.59 Å². The zero-order valence-corrected chi connectivity index (χ0v) is 14.0. The molecule has 0 radical (unpaired) electrons. The van der Waals surface area contributed by atoms with Crippen molar-refractivity contribution >= 4 is 23.2 Å². The summed E-state index contributed by atoms with van der Waals surface area (Å²) in [5, 5.41) is 10.00. The first-order valence-electron chi connectivity index (χ1n) is 8.12. The number of hydrogen-bond donors (Lipinski definition) is 1. The minimum atomic E-state index is -0.690. The molecule has 1 saturated carbocycles. The van der Waals surface area contributed by atoms with Gasteiger partial charge in [0, 0.05) is 18.7 Å². The third-order valence-corrected chi connectivity index (χ3v) is 6.31. The Morgan fingerprint density at radius 2 is 1.92 bits per heavy atom. The summed E-state index contributed by atoms with van der Waals surface area (Å²) in [5.74, 6) is -0.885. The molecular formula is C18H18N2O3S. The van der Waals surface area contributed by atoms with Crippen LogP contribution in [0.15, 0.2) is 36.5 Å². The second kappa shape index (κ2) is 5.70. The Bertz CT molecular complexity index is 779. The molecule has 1 amide bonds. The molecule has 24 heavy (non-hydrogen) atoms. The van der Waals surface area contributed by atoms with E-state index >= 15 is 0 Å². The maximum Gasteiger partial charge on any atom is 0.307 e. The Morgan fingerprint density at radius 3 is 2.54 bits per heavy atom. The number of benzene rings is 1. The molecule has 1 atom stereocenters. The number of carboxylic acid groups (broad SMARTS) is 1. The standard InChI is InChI=1S/C18H18N2O3S/c21-16(14-11-19-15(24-14)12-4-2-1-3-5-12)20-8-6-18(7-9-20)10-13(18)17(22)23/h1-5,11,13H,6-10H2,(H,22,23). The van der Waals surface area contributed by atoms with Gasteiger partial charge in [0.2, 0.25) is 0 Å². The number of carbonyl (C=O) groups is 2. The van der Waals surface area contributed by atoms with Crippen LogP contribution in [-0.4, -0.2) is 40.0 Å². The largest absolute Gasteiger partial charge is 0.481 e. The van der Waals surface area contributed by atoms with E-state index in [0.717, 1.165) is 29.8 Å². The van der Waals surface area contributed by atoms with Gasteiger partial charge in [-0.05, 0) is 24.7 Å². The van der Waals surface area contributed by atoms with Gasteiger partial charge >= 0.3 is 5.97 Å². The van der Waals surface area contributed by atoms with Gasteiger partial charge in [-0.2, -0.15) is 0 Å². The van der Waals surface area contributed by atoms with Gasteiger partial charge in [-0.1, -0.05) is 30.3 Å². The zero-order chi connectivity index (χ0) is 16.7. The van der Waals surface area contributed by atoms with Crippen molar-refractivity contribution in [1.82, 2.24) is 9.88 Å². The van der Waals surface area contributed by atoms with E-state index in [1.165, 1.54) is 11.3 Å². The van der Waals surface area contributed by atoms with Crippen LogP contribution in [-0.2, 0) is 4.79 Å². The fourth-order valence-electron chi connectivity index (χ4n) is 3.65. The van der Waals surface area contributed by atoms with Crippen LogP contribution in [0, 0.1) is 11.3 Å². The van der Waals surface area contributed by atoms with Crippen LogP contribution >= 0.6 is 11.3 Å². The third kappa shape index (κ3) is 2.60. The summed E-state index contributed by atoms with van der Waals surface area (Å²) in [4.78, 5) is 30.7. The van der Waals surface area contributed by atoms with Crippen LogP contribution in [0.1, 0.15) is 28.9 Å². The van der Waals surface area contributed by atoms with Gasteiger partial charge in [-0.25, -0.2) is 4.98 Å². The molecule has 1 N–H and O–H groups in total. The minimum absolute atomic E-state index is 0.0112.